The molecule has 0 fully saturated rings. The summed E-state index contributed by atoms with van der Waals surface area (Å²) in [5.41, 5.74) is 0.674. The summed E-state index contributed by atoms with van der Waals surface area (Å²) in [5.74, 6) is 1.83. The Kier molecular flexibility index (Phi) is 6.72. The number of rotatable bonds is 8. The van der Waals surface area contributed by atoms with Crippen LogP contribution >= 0.6 is 11.6 Å². The second kappa shape index (κ2) is 9.43. The van der Waals surface area contributed by atoms with Crippen molar-refractivity contribution >= 4 is 17.5 Å². The normalized spacial score (nSPS) is 11.7. The van der Waals surface area contributed by atoms with Crippen molar-refractivity contribution in [3.05, 3.63) is 59.4 Å². The van der Waals surface area contributed by atoms with E-state index in [1.54, 1.807) is 44.5 Å². The van der Waals surface area contributed by atoms with E-state index < -0.39 is 6.10 Å². The average molecular weight is 416 g/mol. The minimum Gasteiger partial charge on any atom is -0.497 e. The molecule has 0 aliphatic rings. The third kappa shape index (κ3) is 5.06. The second-order valence-corrected chi connectivity index (χ2v) is 6.78. The van der Waals surface area contributed by atoms with Crippen molar-refractivity contribution in [3.8, 4) is 22.9 Å². The Morgan fingerprint density at radius 2 is 1.86 bits per heavy atom. The van der Waals surface area contributed by atoms with Gasteiger partial charge < -0.3 is 18.9 Å². The molecule has 0 unspecified atom stereocenters. The Morgan fingerprint density at radius 1 is 1.17 bits per heavy atom. The van der Waals surface area contributed by atoms with E-state index in [0.29, 0.717) is 34.5 Å². The zero-order valence-corrected chi connectivity index (χ0v) is 17.2. The number of ether oxygens (including phenoxy) is 2. The summed E-state index contributed by atoms with van der Waals surface area (Å²) in [7, 11) is 3.26. The van der Waals surface area contributed by atoms with Crippen LogP contribution in [0, 0.1) is 0 Å². The standard InChI is InChI=1S/C21H22ClN3O4/c1-4-18(28-15-11-9-14(27-3)10-12-15)21(26)25(2)13-19-23-20(24-29-19)16-7-5-6-8-17(16)22/h5-12,18H,4,13H2,1-3H3/t18-/m1/s1. The van der Waals surface area contributed by atoms with Crippen molar-refractivity contribution in [2.75, 3.05) is 14.2 Å². The molecule has 0 saturated carbocycles. The van der Waals surface area contributed by atoms with Crippen molar-refractivity contribution < 1.29 is 18.8 Å². The number of likely N-dealkylation sites (N-methyl/N-ethyl adjacent to an activating group) is 1. The highest BCUT2D eigenvalue weighted by Gasteiger charge is 2.24. The second-order valence-electron chi connectivity index (χ2n) is 6.38. The third-order valence-corrected chi connectivity index (χ3v) is 4.65. The van der Waals surface area contributed by atoms with Crippen LogP contribution in [0.2, 0.25) is 5.02 Å². The van der Waals surface area contributed by atoms with Gasteiger partial charge in [0.25, 0.3) is 5.91 Å². The third-order valence-electron chi connectivity index (χ3n) is 4.32. The molecule has 1 atom stereocenters. The molecular formula is C21H22ClN3O4. The molecule has 1 amide bonds. The number of amides is 1. The van der Waals surface area contributed by atoms with Crippen molar-refractivity contribution in [1.29, 1.82) is 0 Å². The van der Waals surface area contributed by atoms with Crippen LogP contribution in [0.4, 0.5) is 0 Å². The first-order valence-corrected chi connectivity index (χ1v) is 9.52. The number of aromatic nitrogens is 2. The lowest BCUT2D eigenvalue weighted by atomic mass is 10.2. The van der Waals surface area contributed by atoms with Crippen LogP contribution < -0.4 is 9.47 Å². The average Bonchev–Trinajstić information content (AvgIpc) is 3.20. The summed E-state index contributed by atoms with van der Waals surface area (Å²) in [6, 6.07) is 14.3. The van der Waals surface area contributed by atoms with Crippen LogP contribution in [0.15, 0.2) is 53.1 Å². The zero-order valence-electron chi connectivity index (χ0n) is 16.5. The fraction of sp³-hybridized carbons (Fsp3) is 0.286. The molecule has 3 rings (SSSR count). The molecule has 0 aliphatic carbocycles. The summed E-state index contributed by atoms with van der Waals surface area (Å²) >= 11 is 6.17. The topological polar surface area (TPSA) is 77.7 Å². The molecule has 0 bridgehead atoms. The monoisotopic (exact) mass is 415 g/mol. The van der Waals surface area contributed by atoms with Crippen LogP contribution in [0.25, 0.3) is 11.4 Å². The first-order chi connectivity index (χ1) is 14.0. The van der Waals surface area contributed by atoms with Gasteiger partial charge in [0.05, 0.1) is 18.7 Å². The van der Waals surface area contributed by atoms with Crippen LogP contribution in [0.3, 0.4) is 0 Å². The van der Waals surface area contributed by atoms with Gasteiger partial charge in [-0.1, -0.05) is 35.8 Å². The van der Waals surface area contributed by atoms with Gasteiger partial charge in [-0.2, -0.15) is 4.98 Å². The summed E-state index contributed by atoms with van der Waals surface area (Å²) in [5, 5.41) is 4.49. The fourth-order valence-electron chi connectivity index (χ4n) is 2.72. The Balaban J connectivity index is 1.65. The van der Waals surface area contributed by atoms with Crippen molar-refractivity contribution in [2.24, 2.45) is 0 Å². The minimum atomic E-state index is -0.626. The van der Waals surface area contributed by atoms with Gasteiger partial charge >= 0.3 is 0 Å². The number of hydrogen-bond donors (Lipinski definition) is 0. The molecule has 152 valence electrons. The lowest BCUT2D eigenvalue weighted by Gasteiger charge is -2.22. The van der Waals surface area contributed by atoms with Crippen LogP contribution in [-0.4, -0.2) is 41.2 Å². The molecule has 29 heavy (non-hydrogen) atoms. The van der Waals surface area contributed by atoms with Crippen LogP contribution in [-0.2, 0) is 11.3 Å². The quantitative estimate of drug-likeness (QED) is 0.548. The Morgan fingerprint density at radius 3 is 2.52 bits per heavy atom. The summed E-state index contributed by atoms with van der Waals surface area (Å²) in [4.78, 5) is 18.6. The van der Waals surface area contributed by atoms with Gasteiger partial charge in [0, 0.05) is 12.6 Å². The van der Waals surface area contributed by atoms with Crippen LogP contribution in [0.5, 0.6) is 11.5 Å². The molecule has 1 heterocycles. The number of carbonyl (C=O) groups excluding carboxylic acids is 1. The van der Waals surface area contributed by atoms with Gasteiger partial charge in [0.15, 0.2) is 6.10 Å². The number of hydrogen-bond acceptors (Lipinski definition) is 6. The summed E-state index contributed by atoms with van der Waals surface area (Å²) < 4.78 is 16.3. The van der Waals surface area contributed by atoms with Gasteiger partial charge in [-0.3, -0.25) is 4.79 Å². The molecule has 3 aromatic rings. The molecule has 2 aromatic carbocycles. The molecule has 8 heteroatoms. The summed E-state index contributed by atoms with van der Waals surface area (Å²) in [6.45, 7) is 2.06. The van der Waals surface area contributed by atoms with E-state index in [1.165, 1.54) is 4.90 Å². The Hall–Kier alpha value is -3.06. The maximum atomic E-state index is 12.8. The van der Waals surface area contributed by atoms with Crippen molar-refractivity contribution in [1.82, 2.24) is 15.0 Å². The maximum Gasteiger partial charge on any atom is 0.263 e. The maximum absolute atomic E-state index is 12.8. The molecule has 0 saturated heterocycles. The van der Waals surface area contributed by atoms with Gasteiger partial charge in [0.2, 0.25) is 11.7 Å². The highest BCUT2D eigenvalue weighted by molar-refractivity contribution is 6.33. The molecular weight excluding hydrogens is 394 g/mol. The number of benzene rings is 2. The molecule has 1 aromatic heterocycles. The lowest BCUT2D eigenvalue weighted by Crippen LogP contribution is -2.39. The van der Waals surface area contributed by atoms with E-state index in [9.17, 15) is 4.79 Å². The smallest absolute Gasteiger partial charge is 0.263 e. The highest BCUT2D eigenvalue weighted by atomic mass is 35.5. The molecule has 0 radical (unpaired) electrons. The summed E-state index contributed by atoms with van der Waals surface area (Å²) in [6.07, 6.45) is -0.108. The number of halogens is 1. The van der Waals surface area contributed by atoms with E-state index >= 15 is 0 Å². The molecule has 0 spiro atoms. The van der Waals surface area contributed by atoms with E-state index in [-0.39, 0.29) is 12.5 Å². The Bertz CT molecular complexity index is 959. The van der Waals surface area contributed by atoms with E-state index in [2.05, 4.69) is 10.1 Å². The van der Waals surface area contributed by atoms with Crippen molar-refractivity contribution in [3.63, 3.8) is 0 Å². The van der Waals surface area contributed by atoms with Crippen LogP contribution in [0.1, 0.15) is 19.2 Å². The van der Waals surface area contributed by atoms with Gasteiger partial charge in [-0.25, -0.2) is 0 Å². The predicted octanol–water partition coefficient (Wildman–Crippen LogP) is 4.21. The predicted molar refractivity (Wildman–Crippen MR) is 109 cm³/mol. The molecule has 7 nitrogen and oxygen atoms in total. The van der Waals surface area contributed by atoms with Gasteiger partial charge in [0.1, 0.15) is 11.5 Å². The fourth-order valence-corrected chi connectivity index (χ4v) is 2.94. The van der Waals surface area contributed by atoms with E-state index in [1.807, 2.05) is 25.1 Å². The molecule has 0 N–H and O–H groups in total. The minimum absolute atomic E-state index is 0.165. The lowest BCUT2D eigenvalue weighted by molar-refractivity contribution is -0.138. The number of nitrogens with zero attached hydrogens (tertiary/aromatic N) is 3. The SMILES string of the molecule is CC[C@@H](Oc1ccc(OC)cc1)C(=O)N(C)Cc1nc(-c2ccccc2Cl)no1. The Labute approximate surface area is 174 Å². The first-order valence-electron chi connectivity index (χ1n) is 9.15. The van der Waals surface area contributed by atoms with E-state index in [0.717, 1.165) is 5.75 Å². The number of methoxy groups -OCH3 is 1. The van der Waals surface area contributed by atoms with Gasteiger partial charge in [-0.15, -0.1) is 0 Å². The zero-order chi connectivity index (χ0) is 20.8. The highest BCUT2D eigenvalue weighted by Crippen LogP contribution is 2.25. The number of carbonyl (C=O) groups is 1. The van der Waals surface area contributed by atoms with Gasteiger partial charge in [-0.05, 0) is 42.8 Å². The largest absolute Gasteiger partial charge is 0.497 e. The van der Waals surface area contributed by atoms with Crippen molar-refractivity contribution in [2.45, 2.75) is 26.0 Å². The van der Waals surface area contributed by atoms with E-state index in [4.69, 9.17) is 25.6 Å². The first kappa shape index (κ1) is 20.7. The molecule has 0 aliphatic heterocycles.